The van der Waals surface area contributed by atoms with Gasteiger partial charge in [0.2, 0.25) is 11.9 Å². The van der Waals surface area contributed by atoms with Gasteiger partial charge in [-0.2, -0.15) is 15.0 Å². The maximum Gasteiger partial charge on any atom is 0.240 e. The van der Waals surface area contributed by atoms with E-state index in [1.54, 1.807) is 0 Å². The number of rotatable bonds is 3. The van der Waals surface area contributed by atoms with Crippen molar-refractivity contribution in [1.29, 1.82) is 0 Å². The molecule has 0 fully saturated rings. The lowest BCUT2D eigenvalue weighted by atomic mass is 10.0. The minimum Gasteiger partial charge on any atom is -0.278 e. The number of aryl methyl sites for hydroxylation is 1. The van der Waals surface area contributed by atoms with Crippen LogP contribution in [0, 0.1) is 0 Å². The maximum atomic E-state index is 5.25. The van der Waals surface area contributed by atoms with E-state index in [4.69, 9.17) is 15.0 Å². The predicted octanol–water partition coefficient (Wildman–Crippen LogP) is 8.75. The Bertz CT molecular complexity index is 2270. The van der Waals surface area contributed by atoms with Gasteiger partial charge in [-0.3, -0.25) is 9.13 Å². The molecule has 0 bridgehead atoms. The molecule has 41 heavy (non-hydrogen) atoms. The lowest BCUT2D eigenvalue weighted by Crippen LogP contribution is -2.11. The van der Waals surface area contributed by atoms with Gasteiger partial charge >= 0.3 is 0 Å². The van der Waals surface area contributed by atoms with Gasteiger partial charge in [0.15, 0.2) is 5.82 Å². The maximum absolute atomic E-state index is 5.25. The van der Waals surface area contributed by atoms with Gasteiger partial charge in [0.1, 0.15) is 4.83 Å². The fraction of sp³-hybridized carbons (Fsp3) is 0.0571. The molecule has 0 radical (unpaired) electrons. The third-order valence-electron chi connectivity index (χ3n) is 8.09. The third-order valence-corrected chi connectivity index (χ3v) is 9.25. The molecule has 1 aliphatic rings. The van der Waals surface area contributed by atoms with Gasteiger partial charge in [-0.15, -0.1) is 11.3 Å². The molecule has 0 spiro atoms. The minimum atomic E-state index is 0.614. The number of thiophene rings is 1. The molecular formula is C35H23N5S. The molecule has 0 saturated heterocycles. The van der Waals surface area contributed by atoms with Gasteiger partial charge in [0, 0.05) is 31.8 Å². The zero-order valence-electron chi connectivity index (χ0n) is 22.0. The highest BCUT2D eigenvalue weighted by molar-refractivity contribution is 7.25. The molecule has 5 nitrogen and oxygen atoms in total. The SMILES string of the molecule is C1=Cc2c(c3c4ccccc4sc3n2-c2nc(-c3ccccc3)nc(-n3c4ccccc4c4ccccc43)n2)CC1. The summed E-state index contributed by atoms with van der Waals surface area (Å²) in [7, 11) is 0. The molecule has 0 saturated carbocycles. The number of hydrogen-bond donors (Lipinski definition) is 0. The highest BCUT2D eigenvalue weighted by Crippen LogP contribution is 2.43. The summed E-state index contributed by atoms with van der Waals surface area (Å²) in [4.78, 5) is 16.7. The number of allylic oxidation sites excluding steroid dienone is 1. The Morgan fingerprint density at radius 3 is 2.00 bits per heavy atom. The first-order valence-electron chi connectivity index (χ1n) is 13.9. The van der Waals surface area contributed by atoms with Crippen molar-refractivity contribution in [2.75, 3.05) is 0 Å². The summed E-state index contributed by atoms with van der Waals surface area (Å²) in [5, 5.41) is 4.99. The predicted molar refractivity (Wildman–Crippen MR) is 169 cm³/mol. The van der Waals surface area contributed by atoms with Crippen molar-refractivity contribution in [3.63, 3.8) is 0 Å². The average Bonchev–Trinajstić information content (AvgIpc) is 3.68. The van der Waals surface area contributed by atoms with Crippen LogP contribution >= 0.6 is 11.3 Å². The van der Waals surface area contributed by atoms with Crippen LogP contribution in [0.1, 0.15) is 17.7 Å². The standard InChI is InChI=1S/C35H23N5S/c1-2-12-22(13-3-1)32-36-34(39-27-18-8-4-14-23(27)24-15-5-9-19-28(24)39)38-35(37-32)40-29-20-10-6-16-25(29)31-26-17-7-11-21-30(26)41-33(31)40/h1-5,7-15,17-21H,6,16H2. The molecule has 0 atom stereocenters. The normalized spacial score (nSPS) is 13.1. The van der Waals surface area contributed by atoms with Gasteiger partial charge in [-0.1, -0.05) is 91.0 Å². The number of nitrogens with zero attached hydrogens (tertiary/aromatic N) is 5. The molecule has 4 aromatic carbocycles. The zero-order valence-corrected chi connectivity index (χ0v) is 22.8. The lowest BCUT2D eigenvalue weighted by Gasteiger charge is -2.14. The van der Waals surface area contributed by atoms with Crippen molar-refractivity contribution in [3.05, 3.63) is 120 Å². The van der Waals surface area contributed by atoms with E-state index in [-0.39, 0.29) is 0 Å². The Morgan fingerprint density at radius 1 is 0.610 bits per heavy atom. The monoisotopic (exact) mass is 545 g/mol. The van der Waals surface area contributed by atoms with E-state index in [0.717, 1.165) is 29.4 Å². The van der Waals surface area contributed by atoms with E-state index in [0.29, 0.717) is 17.7 Å². The average molecular weight is 546 g/mol. The summed E-state index contributed by atoms with van der Waals surface area (Å²) >= 11 is 1.81. The second kappa shape index (κ2) is 8.71. The number of benzene rings is 4. The van der Waals surface area contributed by atoms with Crippen molar-refractivity contribution < 1.29 is 0 Å². The van der Waals surface area contributed by atoms with Crippen molar-refractivity contribution in [1.82, 2.24) is 24.1 Å². The number of aromatic nitrogens is 5. The molecule has 9 rings (SSSR count). The fourth-order valence-electron chi connectivity index (χ4n) is 6.31. The van der Waals surface area contributed by atoms with Crippen LogP contribution in [-0.2, 0) is 6.42 Å². The summed E-state index contributed by atoms with van der Waals surface area (Å²) in [5.74, 6) is 1.91. The van der Waals surface area contributed by atoms with E-state index >= 15 is 0 Å². The second-order valence-corrected chi connectivity index (χ2v) is 11.4. The van der Waals surface area contributed by atoms with Crippen LogP contribution in [-0.4, -0.2) is 24.1 Å². The highest BCUT2D eigenvalue weighted by atomic mass is 32.1. The van der Waals surface area contributed by atoms with Crippen LogP contribution in [0.15, 0.2) is 109 Å². The van der Waals surface area contributed by atoms with Gasteiger partial charge in [-0.25, -0.2) is 0 Å². The molecule has 0 N–H and O–H groups in total. The van der Waals surface area contributed by atoms with E-state index in [9.17, 15) is 0 Å². The van der Waals surface area contributed by atoms with Crippen LogP contribution in [0.3, 0.4) is 0 Å². The zero-order chi connectivity index (χ0) is 26.9. The minimum absolute atomic E-state index is 0.614. The summed E-state index contributed by atoms with van der Waals surface area (Å²) in [5.41, 5.74) is 5.65. The Hall–Kier alpha value is -5.07. The Labute approximate surface area is 239 Å². The Morgan fingerprint density at radius 2 is 1.24 bits per heavy atom. The third kappa shape index (κ3) is 3.31. The molecule has 6 heteroatoms. The number of hydrogen-bond acceptors (Lipinski definition) is 4. The Kier molecular flexibility index (Phi) is 4.83. The fourth-order valence-corrected chi connectivity index (χ4v) is 7.55. The first kappa shape index (κ1) is 22.7. The van der Waals surface area contributed by atoms with E-state index in [2.05, 4.69) is 106 Å². The van der Waals surface area contributed by atoms with Crippen LogP contribution in [0.2, 0.25) is 0 Å². The Balaban J connectivity index is 1.41. The van der Waals surface area contributed by atoms with E-state index in [1.165, 1.54) is 42.3 Å². The molecule has 4 aromatic heterocycles. The molecule has 0 aliphatic heterocycles. The van der Waals surface area contributed by atoms with E-state index < -0.39 is 0 Å². The van der Waals surface area contributed by atoms with Crippen LogP contribution in [0.4, 0.5) is 0 Å². The summed E-state index contributed by atoms with van der Waals surface area (Å²) < 4.78 is 5.72. The summed E-state index contributed by atoms with van der Waals surface area (Å²) in [6, 6.07) is 35.9. The number of fused-ring (bicyclic) bond motifs is 8. The van der Waals surface area contributed by atoms with Crippen LogP contribution in [0.25, 0.3) is 71.5 Å². The lowest BCUT2D eigenvalue weighted by molar-refractivity contribution is 0.869. The van der Waals surface area contributed by atoms with Crippen molar-refractivity contribution in [2.24, 2.45) is 0 Å². The van der Waals surface area contributed by atoms with Crippen molar-refractivity contribution in [3.8, 4) is 23.3 Å². The molecule has 194 valence electrons. The summed E-state index contributed by atoms with van der Waals surface area (Å²) in [6.45, 7) is 0. The van der Waals surface area contributed by atoms with Crippen LogP contribution < -0.4 is 0 Å². The summed E-state index contributed by atoms with van der Waals surface area (Å²) in [6.07, 6.45) is 6.55. The largest absolute Gasteiger partial charge is 0.278 e. The van der Waals surface area contributed by atoms with Gasteiger partial charge in [0.05, 0.1) is 16.7 Å². The topological polar surface area (TPSA) is 48.5 Å². The van der Waals surface area contributed by atoms with Crippen LogP contribution in [0.5, 0.6) is 0 Å². The molecule has 0 unspecified atom stereocenters. The highest BCUT2D eigenvalue weighted by Gasteiger charge is 2.25. The van der Waals surface area contributed by atoms with Gasteiger partial charge < -0.3 is 0 Å². The molecule has 1 aliphatic carbocycles. The quantitative estimate of drug-likeness (QED) is 0.223. The van der Waals surface area contributed by atoms with Crippen molar-refractivity contribution >= 4 is 59.5 Å². The van der Waals surface area contributed by atoms with Gasteiger partial charge in [0.25, 0.3) is 0 Å². The number of para-hydroxylation sites is 2. The second-order valence-electron chi connectivity index (χ2n) is 10.4. The molecule has 4 heterocycles. The van der Waals surface area contributed by atoms with Crippen molar-refractivity contribution in [2.45, 2.75) is 12.8 Å². The first-order valence-corrected chi connectivity index (χ1v) is 14.7. The smallest absolute Gasteiger partial charge is 0.240 e. The first-order chi connectivity index (χ1) is 20.3. The van der Waals surface area contributed by atoms with Gasteiger partial charge in [-0.05, 0) is 42.7 Å². The molecule has 0 amide bonds. The van der Waals surface area contributed by atoms with E-state index in [1.807, 2.05) is 29.5 Å². The molecular weight excluding hydrogens is 522 g/mol. The molecule has 8 aromatic rings.